The molecule has 2 aliphatic carbocycles. The van der Waals surface area contributed by atoms with E-state index in [1.807, 2.05) is 30.0 Å². The van der Waals surface area contributed by atoms with Gasteiger partial charge in [-0.15, -0.1) is 11.3 Å². The van der Waals surface area contributed by atoms with E-state index in [9.17, 15) is 9.59 Å². The number of amides is 1. The van der Waals surface area contributed by atoms with Crippen LogP contribution in [0.3, 0.4) is 0 Å². The minimum atomic E-state index is -0.623. The van der Waals surface area contributed by atoms with Crippen LogP contribution in [0.15, 0.2) is 36.4 Å². The van der Waals surface area contributed by atoms with Crippen LogP contribution in [-0.4, -0.2) is 50.4 Å². The van der Waals surface area contributed by atoms with Gasteiger partial charge in [0.2, 0.25) is 12.2 Å². The summed E-state index contributed by atoms with van der Waals surface area (Å²) in [5.74, 6) is 0.487. The molecule has 6 nitrogen and oxygen atoms in total. The molecule has 0 radical (unpaired) electrons. The Balaban J connectivity index is 1.46. The summed E-state index contributed by atoms with van der Waals surface area (Å²) in [7, 11) is 2.22. The third-order valence-electron chi connectivity index (χ3n) is 9.20. The second-order valence-corrected chi connectivity index (χ2v) is 13.5. The number of esters is 1. The van der Waals surface area contributed by atoms with Crippen molar-refractivity contribution >= 4 is 28.9 Å². The number of thiophene rings is 1. The average molecular weight is 568 g/mol. The predicted octanol–water partition coefficient (Wildman–Crippen LogP) is 6.10. The van der Waals surface area contributed by atoms with E-state index < -0.39 is 6.29 Å². The number of anilines is 1. The summed E-state index contributed by atoms with van der Waals surface area (Å²) in [6.07, 6.45) is 11.0. The maximum atomic E-state index is 14.3. The van der Waals surface area contributed by atoms with Crippen molar-refractivity contribution in [2.45, 2.75) is 103 Å². The van der Waals surface area contributed by atoms with Gasteiger partial charge in [0, 0.05) is 29.7 Å². The Bertz CT molecular complexity index is 1110. The Morgan fingerprint density at radius 2 is 1.62 bits per heavy atom. The Kier molecular flexibility index (Phi) is 9.98. The fourth-order valence-corrected chi connectivity index (χ4v) is 7.75. The van der Waals surface area contributed by atoms with E-state index in [1.54, 1.807) is 0 Å². The zero-order valence-electron chi connectivity index (χ0n) is 24.5. The minimum absolute atomic E-state index is 0.0145. The highest BCUT2D eigenvalue weighted by molar-refractivity contribution is 7.18. The molecule has 0 spiro atoms. The summed E-state index contributed by atoms with van der Waals surface area (Å²) >= 11 is 1.44. The summed E-state index contributed by atoms with van der Waals surface area (Å²) in [4.78, 5) is 33.2. The van der Waals surface area contributed by atoms with Gasteiger partial charge in [0.1, 0.15) is 4.88 Å². The first kappa shape index (κ1) is 29.3. The first-order valence-corrected chi connectivity index (χ1v) is 16.4. The summed E-state index contributed by atoms with van der Waals surface area (Å²) < 4.78 is 12.1. The Hall–Kier alpha value is -2.22. The van der Waals surface area contributed by atoms with Gasteiger partial charge in [-0.2, -0.15) is 0 Å². The van der Waals surface area contributed by atoms with Gasteiger partial charge in [0.05, 0.1) is 31.9 Å². The Labute approximate surface area is 244 Å². The highest BCUT2D eigenvalue weighted by Gasteiger charge is 2.38. The maximum Gasteiger partial charge on any atom is 0.352 e. The van der Waals surface area contributed by atoms with Crippen molar-refractivity contribution in [2.24, 2.45) is 11.8 Å². The van der Waals surface area contributed by atoms with Gasteiger partial charge >= 0.3 is 5.97 Å². The molecule has 0 bridgehead atoms. The smallest absolute Gasteiger partial charge is 0.352 e. The van der Waals surface area contributed by atoms with Gasteiger partial charge < -0.3 is 19.3 Å². The van der Waals surface area contributed by atoms with Gasteiger partial charge in [-0.05, 0) is 63.0 Å². The zero-order chi connectivity index (χ0) is 28.1. The first-order chi connectivity index (χ1) is 19.4. The number of nitrogens with zero attached hydrogens (tertiary/aromatic N) is 1. The van der Waals surface area contributed by atoms with Gasteiger partial charge in [0.15, 0.2) is 0 Å². The average Bonchev–Trinajstić information content (AvgIpc) is 3.41. The van der Waals surface area contributed by atoms with E-state index in [0.29, 0.717) is 10.8 Å². The van der Waals surface area contributed by atoms with Crippen LogP contribution in [0.5, 0.6) is 0 Å². The molecule has 5 rings (SSSR count). The number of carbonyl (C=O) groups is 2. The fourth-order valence-electron chi connectivity index (χ4n) is 6.71. The van der Waals surface area contributed by atoms with Crippen LogP contribution in [0, 0.1) is 11.8 Å². The molecular weight excluding hydrogens is 520 g/mol. The van der Waals surface area contributed by atoms with Crippen LogP contribution in [0.4, 0.5) is 5.69 Å². The quantitative estimate of drug-likeness (QED) is 0.309. The maximum absolute atomic E-state index is 14.3. The number of rotatable bonds is 8. The molecule has 1 N–H and O–H groups in total. The van der Waals surface area contributed by atoms with Gasteiger partial charge in [-0.3, -0.25) is 4.79 Å². The predicted molar refractivity (Wildman–Crippen MR) is 161 cm³/mol. The van der Waals surface area contributed by atoms with Crippen molar-refractivity contribution in [3.63, 3.8) is 0 Å². The van der Waals surface area contributed by atoms with Crippen molar-refractivity contribution in [1.82, 2.24) is 0 Å². The topological polar surface area (TPSA) is 60.3 Å². The third-order valence-corrected chi connectivity index (χ3v) is 10.4. The number of hydrogen-bond acceptors (Lipinski definition) is 5. The molecule has 1 atom stereocenters. The molecule has 3 fully saturated rings. The highest BCUT2D eigenvalue weighted by Crippen LogP contribution is 2.41. The van der Waals surface area contributed by atoms with E-state index in [-0.39, 0.29) is 29.9 Å². The number of quaternary nitrogens is 1. The molecule has 2 heterocycles. The molecule has 1 amide bonds. The van der Waals surface area contributed by atoms with E-state index in [1.165, 1.54) is 22.7 Å². The number of hydrogen-bond donors (Lipinski definition) is 1. The van der Waals surface area contributed by atoms with E-state index in [4.69, 9.17) is 9.47 Å². The van der Waals surface area contributed by atoms with Crippen molar-refractivity contribution in [1.29, 1.82) is 0 Å². The monoisotopic (exact) mass is 567 g/mol. The van der Waals surface area contributed by atoms with E-state index in [0.717, 1.165) is 93.4 Å². The lowest BCUT2D eigenvalue weighted by atomic mass is 9.82. The lowest BCUT2D eigenvalue weighted by molar-refractivity contribution is -0.884. The SMILES string of the molecule is CC1CCC(C(=O)N(c2cc(-c3ccccc3)sc2C(=O)OC(C)OC2CCCCC2)C2CC[NH+](C)CC2)CC1. The van der Waals surface area contributed by atoms with Crippen molar-refractivity contribution in [2.75, 3.05) is 25.0 Å². The van der Waals surface area contributed by atoms with E-state index in [2.05, 4.69) is 32.2 Å². The Morgan fingerprint density at radius 1 is 0.950 bits per heavy atom. The fraction of sp³-hybridized carbons (Fsp3) is 0.636. The third kappa shape index (κ3) is 7.15. The molecule has 3 aliphatic rings. The molecule has 218 valence electrons. The molecular formula is C33H47N2O4S+. The van der Waals surface area contributed by atoms with Crippen LogP contribution in [0.2, 0.25) is 0 Å². The Morgan fingerprint density at radius 3 is 2.30 bits per heavy atom. The second kappa shape index (κ2) is 13.6. The molecule has 1 aliphatic heterocycles. The number of likely N-dealkylation sites (tertiary alicyclic amines) is 1. The van der Waals surface area contributed by atoms with Gasteiger partial charge in [-0.1, -0.05) is 56.5 Å². The first-order valence-electron chi connectivity index (χ1n) is 15.6. The summed E-state index contributed by atoms with van der Waals surface area (Å²) in [5, 5.41) is 0. The molecule has 1 aromatic heterocycles. The molecule has 2 saturated carbocycles. The highest BCUT2D eigenvalue weighted by atomic mass is 32.1. The molecule has 1 saturated heterocycles. The number of carbonyl (C=O) groups excluding carboxylic acids is 2. The van der Waals surface area contributed by atoms with Gasteiger partial charge in [0.25, 0.3) is 0 Å². The van der Waals surface area contributed by atoms with Crippen LogP contribution in [0.1, 0.15) is 94.1 Å². The molecule has 40 heavy (non-hydrogen) atoms. The lowest BCUT2D eigenvalue weighted by Crippen LogP contribution is -3.10. The summed E-state index contributed by atoms with van der Waals surface area (Å²) in [5.41, 5.74) is 1.78. The number of piperidine rings is 1. The summed E-state index contributed by atoms with van der Waals surface area (Å²) in [6.45, 7) is 6.16. The molecule has 1 unspecified atom stereocenters. The zero-order valence-corrected chi connectivity index (χ0v) is 25.3. The molecule has 1 aromatic carbocycles. The lowest BCUT2D eigenvalue weighted by Gasteiger charge is -2.38. The number of benzene rings is 1. The van der Waals surface area contributed by atoms with Crippen molar-refractivity contribution < 1.29 is 24.0 Å². The van der Waals surface area contributed by atoms with Crippen LogP contribution in [0.25, 0.3) is 10.4 Å². The minimum Gasteiger partial charge on any atom is -0.432 e. The number of ether oxygens (including phenoxy) is 2. The van der Waals surface area contributed by atoms with Crippen LogP contribution in [-0.2, 0) is 14.3 Å². The van der Waals surface area contributed by atoms with E-state index >= 15 is 0 Å². The van der Waals surface area contributed by atoms with Gasteiger partial charge in [-0.25, -0.2) is 4.79 Å². The standard InChI is InChI=1S/C33H46N2O4S/c1-23-14-16-26(17-15-23)32(36)35(27-18-20-34(3)21-19-27)29-22-30(25-10-6-4-7-11-25)40-31(29)33(37)39-24(2)38-28-12-8-5-9-13-28/h4,6-7,10-11,22-24,26-28H,5,8-9,12-21H2,1-3H3/p+1. The second-order valence-electron chi connectivity index (χ2n) is 12.4. The molecule has 2 aromatic rings. The van der Waals surface area contributed by atoms with Crippen molar-refractivity contribution in [3.05, 3.63) is 41.3 Å². The van der Waals surface area contributed by atoms with Crippen molar-refractivity contribution in [3.8, 4) is 10.4 Å². The number of nitrogens with one attached hydrogen (secondary N) is 1. The van der Waals surface area contributed by atoms with Crippen LogP contribution < -0.4 is 9.80 Å². The largest absolute Gasteiger partial charge is 0.432 e. The normalized spacial score (nSPS) is 26.7. The summed E-state index contributed by atoms with van der Waals surface area (Å²) in [6, 6.07) is 12.3. The molecule has 7 heteroatoms. The van der Waals surface area contributed by atoms with Crippen LogP contribution >= 0.6 is 11.3 Å².